The van der Waals surface area contributed by atoms with Crippen LogP contribution in [0.2, 0.25) is 0 Å². The van der Waals surface area contributed by atoms with E-state index in [0.29, 0.717) is 24.6 Å². The molecule has 7 nitrogen and oxygen atoms in total. The van der Waals surface area contributed by atoms with E-state index in [1.807, 2.05) is 17.9 Å². The third-order valence-electron chi connectivity index (χ3n) is 4.38. The van der Waals surface area contributed by atoms with E-state index in [9.17, 15) is 9.59 Å². The van der Waals surface area contributed by atoms with Gasteiger partial charge < -0.3 is 14.8 Å². The average Bonchev–Trinajstić information content (AvgIpc) is 3.15. The fraction of sp³-hybridized carbons (Fsp3) is 0.444. The van der Waals surface area contributed by atoms with Gasteiger partial charge in [0.25, 0.3) is 11.5 Å². The van der Waals surface area contributed by atoms with Gasteiger partial charge in [0.15, 0.2) is 0 Å². The molecule has 2 aromatic rings. The molecule has 0 radical (unpaired) electrons. The number of aryl methyl sites for hydroxylation is 1. The zero-order valence-corrected chi connectivity index (χ0v) is 14.4. The van der Waals surface area contributed by atoms with E-state index in [4.69, 9.17) is 0 Å². The first kappa shape index (κ1) is 17.1. The van der Waals surface area contributed by atoms with Crippen molar-refractivity contribution in [1.82, 2.24) is 19.4 Å². The predicted molar refractivity (Wildman–Crippen MR) is 95.7 cm³/mol. The summed E-state index contributed by atoms with van der Waals surface area (Å²) < 4.78 is 1.75. The van der Waals surface area contributed by atoms with Crippen LogP contribution in [0.3, 0.4) is 0 Å². The van der Waals surface area contributed by atoms with Crippen LogP contribution in [0, 0.1) is 6.92 Å². The Labute approximate surface area is 146 Å². The Hall–Kier alpha value is -2.70. The first-order chi connectivity index (χ1) is 12.1. The number of pyridine rings is 1. The number of hydrogen-bond acceptors (Lipinski definition) is 5. The lowest BCUT2D eigenvalue weighted by Gasteiger charge is -2.15. The summed E-state index contributed by atoms with van der Waals surface area (Å²) in [5.41, 5.74) is 1.34. The summed E-state index contributed by atoms with van der Waals surface area (Å²) in [5.74, 6) is 0.530. The van der Waals surface area contributed by atoms with Gasteiger partial charge in [-0.3, -0.25) is 14.6 Å². The van der Waals surface area contributed by atoms with E-state index in [1.54, 1.807) is 22.9 Å². The molecule has 1 aliphatic heterocycles. The number of carbonyl (C=O) groups is 1. The lowest BCUT2D eigenvalue weighted by Crippen LogP contribution is -2.28. The minimum Gasteiger partial charge on any atom is -0.369 e. The van der Waals surface area contributed by atoms with Crippen LogP contribution < -0.4 is 10.9 Å². The van der Waals surface area contributed by atoms with Gasteiger partial charge in [-0.25, -0.2) is 4.98 Å². The molecule has 0 aromatic carbocycles. The molecular weight excluding hydrogens is 318 g/mol. The number of amides is 1. The molecule has 1 fully saturated rings. The minimum atomic E-state index is -0.0555. The summed E-state index contributed by atoms with van der Waals surface area (Å²) in [4.78, 5) is 34.5. The largest absolute Gasteiger partial charge is 0.369 e. The first-order valence-electron chi connectivity index (χ1n) is 8.67. The van der Waals surface area contributed by atoms with Crippen LogP contribution >= 0.6 is 0 Å². The molecule has 132 valence electrons. The molecule has 3 rings (SSSR count). The normalized spacial score (nSPS) is 13.9. The Morgan fingerprint density at radius 3 is 2.80 bits per heavy atom. The number of likely N-dealkylation sites (tertiary alicyclic amines) is 1. The molecule has 1 aliphatic rings. The maximum atomic E-state index is 12.3. The van der Waals surface area contributed by atoms with Gasteiger partial charge in [0.1, 0.15) is 11.5 Å². The minimum absolute atomic E-state index is 0.0120. The van der Waals surface area contributed by atoms with E-state index >= 15 is 0 Å². The van der Waals surface area contributed by atoms with E-state index in [0.717, 1.165) is 38.0 Å². The van der Waals surface area contributed by atoms with Crippen LogP contribution in [0.1, 0.15) is 35.4 Å². The second-order valence-corrected chi connectivity index (χ2v) is 6.23. The van der Waals surface area contributed by atoms with Gasteiger partial charge >= 0.3 is 0 Å². The van der Waals surface area contributed by atoms with Gasteiger partial charge in [-0.2, -0.15) is 0 Å². The third-order valence-corrected chi connectivity index (χ3v) is 4.38. The molecule has 1 saturated heterocycles. The van der Waals surface area contributed by atoms with Crippen LogP contribution in [0.25, 0.3) is 0 Å². The summed E-state index contributed by atoms with van der Waals surface area (Å²) in [6.45, 7) is 4.80. The SMILES string of the molecule is Cc1cccc(=O)n1CCCNc1cncc(C(=O)N2CCCC2)n1. The molecule has 1 N–H and O–H groups in total. The van der Waals surface area contributed by atoms with E-state index in [-0.39, 0.29) is 11.5 Å². The molecular formula is C18H23N5O2. The Balaban J connectivity index is 1.54. The molecule has 7 heteroatoms. The Morgan fingerprint density at radius 2 is 2.04 bits per heavy atom. The lowest BCUT2D eigenvalue weighted by atomic mass is 10.3. The molecule has 0 aliphatic carbocycles. The molecule has 1 amide bonds. The quantitative estimate of drug-likeness (QED) is 0.809. The number of nitrogens with zero attached hydrogens (tertiary/aromatic N) is 4. The maximum absolute atomic E-state index is 12.3. The predicted octanol–water partition coefficient (Wildman–Crippen LogP) is 1.68. The summed E-state index contributed by atoms with van der Waals surface area (Å²) in [6, 6.07) is 5.26. The van der Waals surface area contributed by atoms with Crippen molar-refractivity contribution in [3.8, 4) is 0 Å². The Kier molecular flexibility index (Phi) is 5.42. The highest BCUT2D eigenvalue weighted by atomic mass is 16.2. The van der Waals surface area contributed by atoms with Gasteiger partial charge in [-0.1, -0.05) is 6.07 Å². The van der Waals surface area contributed by atoms with E-state index in [2.05, 4.69) is 15.3 Å². The highest BCUT2D eigenvalue weighted by Gasteiger charge is 2.20. The summed E-state index contributed by atoms with van der Waals surface area (Å²) in [7, 11) is 0. The van der Waals surface area contributed by atoms with Crippen molar-refractivity contribution < 1.29 is 4.79 Å². The number of nitrogens with one attached hydrogen (secondary N) is 1. The highest BCUT2D eigenvalue weighted by molar-refractivity contribution is 5.92. The molecule has 0 bridgehead atoms. The second-order valence-electron chi connectivity index (χ2n) is 6.23. The summed E-state index contributed by atoms with van der Waals surface area (Å²) >= 11 is 0. The average molecular weight is 341 g/mol. The number of carbonyl (C=O) groups excluding carboxylic acids is 1. The van der Waals surface area contributed by atoms with Crippen molar-refractivity contribution in [3.05, 3.63) is 52.3 Å². The van der Waals surface area contributed by atoms with Crippen LogP contribution in [-0.2, 0) is 6.54 Å². The molecule has 3 heterocycles. The first-order valence-corrected chi connectivity index (χ1v) is 8.67. The monoisotopic (exact) mass is 341 g/mol. The zero-order valence-electron chi connectivity index (χ0n) is 14.4. The number of rotatable bonds is 6. The fourth-order valence-electron chi connectivity index (χ4n) is 3.00. The van der Waals surface area contributed by atoms with Gasteiger partial charge in [-0.05, 0) is 32.3 Å². The molecule has 2 aromatic heterocycles. The molecule has 0 spiro atoms. The topological polar surface area (TPSA) is 80.1 Å². The number of aromatic nitrogens is 3. The summed E-state index contributed by atoms with van der Waals surface area (Å²) in [6.07, 6.45) is 6.00. The van der Waals surface area contributed by atoms with Crippen molar-refractivity contribution in [2.75, 3.05) is 25.0 Å². The number of anilines is 1. The van der Waals surface area contributed by atoms with Gasteiger partial charge in [0.2, 0.25) is 0 Å². The van der Waals surface area contributed by atoms with Crippen LogP contribution in [0.4, 0.5) is 5.82 Å². The van der Waals surface area contributed by atoms with E-state index in [1.165, 1.54) is 6.20 Å². The third kappa shape index (κ3) is 4.23. The van der Waals surface area contributed by atoms with Crippen LogP contribution in [0.5, 0.6) is 0 Å². The molecule has 0 saturated carbocycles. The maximum Gasteiger partial charge on any atom is 0.274 e. The second kappa shape index (κ2) is 7.92. The van der Waals surface area contributed by atoms with Crippen LogP contribution in [0.15, 0.2) is 35.4 Å². The van der Waals surface area contributed by atoms with Crippen molar-refractivity contribution in [3.63, 3.8) is 0 Å². The lowest BCUT2D eigenvalue weighted by molar-refractivity contribution is 0.0786. The Morgan fingerprint density at radius 1 is 1.24 bits per heavy atom. The van der Waals surface area contributed by atoms with Gasteiger partial charge in [-0.15, -0.1) is 0 Å². The van der Waals surface area contributed by atoms with Gasteiger partial charge in [0, 0.05) is 37.9 Å². The van der Waals surface area contributed by atoms with E-state index < -0.39 is 0 Å². The number of hydrogen-bond donors (Lipinski definition) is 1. The zero-order chi connectivity index (χ0) is 17.6. The van der Waals surface area contributed by atoms with Crippen molar-refractivity contribution in [2.45, 2.75) is 32.7 Å². The summed E-state index contributed by atoms with van der Waals surface area (Å²) in [5, 5.41) is 3.18. The highest BCUT2D eigenvalue weighted by Crippen LogP contribution is 2.12. The standard InChI is InChI=1S/C18H23N5O2/c1-14-6-4-7-17(24)23(14)11-5-8-20-16-13-19-12-15(21-16)18(25)22-9-2-3-10-22/h4,6-7,12-13H,2-3,5,8-11H2,1H3,(H,20,21). The van der Waals surface area contributed by atoms with Crippen LogP contribution in [-0.4, -0.2) is 45.0 Å². The van der Waals surface area contributed by atoms with Crippen molar-refractivity contribution in [2.24, 2.45) is 0 Å². The van der Waals surface area contributed by atoms with Crippen molar-refractivity contribution >= 4 is 11.7 Å². The van der Waals surface area contributed by atoms with Crippen molar-refractivity contribution in [1.29, 1.82) is 0 Å². The Bertz CT molecular complexity index is 796. The molecule has 0 atom stereocenters. The fourth-order valence-corrected chi connectivity index (χ4v) is 3.00. The smallest absolute Gasteiger partial charge is 0.274 e. The molecule has 25 heavy (non-hydrogen) atoms. The molecule has 0 unspecified atom stereocenters. The van der Waals surface area contributed by atoms with Gasteiger partial charge in [0.05, 0.1) is 12.4 Å².